The summed E-state index contributed by atoms with van der Waals surface area (Å²) in [5, 5.41) is 3.34. The van der Waals surface area contributed by atoms with Crippen molar-refractivity contribution in [2.75, 3.05) is 25.0 Å². The molecule has 0 aliphatic carbocycles. The molecule has 0 unspecified atom stereocenters. The molecule has 23 heavy (non-hydrogen) atoms. The number of aryl methyl sites for hydroxylation is 1. The summed E-state index contributed by atoms with van der Waals surface area (Å²) in [5.74, 6) is 0.177. The Morgan fingerprint density at radius 2 is 2.04 bits per heavy atom. The third-order valence-electron chi connectivity index (χ3n) is 5.27. The summed E-state index contributed by atoms with van der Waals surface area (Å²) in [6, 6.07) is 3.61. The van der Waals surface area contributed by atoms with Gasteiger partial charge in [0.15, 0.2) is 0 Å². The van der Waals surface area contributed by atoms with Crippen LogP contribution in [-0.2, 0) is 12.6 Å². The van der Waals surface area contributed by atoms with Gasteiger partial charge in [0.1, 0.15) is 0 Å². The van der Waals surface area contributed by atoms with Crippen LogP contribution in [0.1, 0.15) is 55.2 Å². The van der Waals surface area contributed by atoms with Gasteiger partial charge in [0.05, 0.1) is 11.3 Å². The van der Waals surface area contributed by atoms with E-state index < -0.39 is 11.7 Å². The molecule has 128 valence electrons. The van der Waals surface area contributed by atoms with Crippen LogP contribution >= 0.6 is 0 Å². The standard InChI is InChI=1S/C18H25F3N2/c1-3-4-5-6-12-9-13-14-11-22-8-7-16(14)23(2)17(13)15(10-12)18(19,20)21/h9-10,14,16,22H,3-8,11H2,1-2H3/t14-,16-/m1/s1. The van der Waals surface area contributed by atoms with Crippen molar-refractivity contribution in [2.45, 2.75) is 57.2 Å². The number of alkyl halides is 3. The average Bonchev–Trinajstić information content (AvgIpc) is 2.80. The maximum atomic E-state index is 13.6. The summed E-state index contributed by atoms with van der Waals surface area (Å²) >= 11 is 0. The number of unbranched alkanes of at least 4 members (excludes halogenated alkanes) is 2. The van der Waals surface area contributed by atoms with E-state index in [4.69, 9.17) is 0 Å². The Balaban J connectivity index is 2.02. The van der Waals surface area contributed by atoms with Crippen LogP contribution in [0.2, 0.25) is 0 Å². The molecule has 1 N–H and O–H groups in total. The third-order valence-corrected chi connectivity index (χ3v) is 5.27. The molecule has 2 aliphatic heterocycles. The number of rotatable bonds is 4. The van der Waals surface area contributed by atoms with Crippen molar-refractivity contribution in [3.63, 3.8) is 0 Å². The van der Waals surface area contributed by atoms with Crippen LogP contribution in [0.15, 0.2) is 12.1 Å². The SMILES string of the molecule is CCCCCc1cc2c(c(C(F)(F)F)c1)N(C)[C@@H]1CCNC[C@H]21. The van der Waals surface area contributed by atoms with Crippen molar-refractivity contribution < 1.29 is 13.2 Å². The first-order chi connectivity index (χ1) is 10.9. The van der Waals surface area contributed by atoms with Crippen molar-refractivity contribution >= 4 is 5.69 Å². The molecule has 1 fully saturated rings. The zero-order valence-electron chi connectivity index (χ0n) is 13.8. The number of piperidine rings is 1. The molecular formula is C18H25F3N2. The number of fused-ring (bicyclic) bond motifs is 3. The predicted molar refractivity (Wildman–Crippen MR) is 87.1 cm³/mol. The van der Waals surface area contributed by atoms with Gasteiger partial charge in [0.2, 0.25) is 0 Å². The van der Waals surface area contributed by atoms with Gasteiger partial charge in [-0.1, -0.05) is 25.8 Å². The second kappa shape index (κ2) is 6.34. The fraction of sp³-hybridized carbons (Fsp3) is 0.667. The highest BCUT2D eigenvalue weighted by Crippen LogP contribution is 2.49. The number of hydrogen-bond acceptors (Lipinski definition) is 2. The van der Waals surface area contributed by atoms with Gasteiger partial charge in [-0.3, -0.25) is 0 Å². The quantitative estimate of drug-likeness (QED) is 0.828. The summed E-state index contributed by atoms with van der Waals surface area (Å²) < 4.78 is 40.9. The zero-order chi connectivity index (χ0) is 16.6. The molecule has 0 aromatic heterocycles. The van der Waals surface area contributed by atoms with Crippen molar-refractivity contribution in [1.29, 1.82) is 0 Å². The third kappa shape index (κ3) is 3.08. The summed E-state index contributed by atoms with van der Waals surface area (Å²) in [4.78, 5) is 1.87. The molecule has 1 saturated heterocycles. The van der Waals surface area contributed by atoms with E-state index in [0.717, 1.165) is 56.3 Å². The van der Waals surface area contributed by atoms with E-state index in [2.05, 4.69) is 12.2 Å². The molecule has 1 aromatic carbocycles. The maximum Gasteiger partial charge on any atom is 0.418 e. The van der Waals surface area contributed by atoms with Gasteiger partial charge < -0.3 is 10.2 Å². The van der Waals surface area contributed by atoms with Gasteiger partial charge in [0, 0.05) is 25.6 Å². The Kier molecular flexibility index (Phi) is 4.59. The number of benzene rings is 1. The number of nitrogens with zero attached hydrogens (tertiary/aromatic N) is 1. The Labute approximate surface area is 136 Å². The zero-order valence-corrected chi connectivity index (χ0v) is 13.8. The Hall–Kier alpha value is -1.23. The fourth-order valence-electron chi connectivity index (χ4n) is 4.13. The van der Waals surface area contributed by atoms with Crippen LogP contribution in [0.5, 0.6) is 0 Å². The number of nitrogens with one attached hydrogen (secondary N) is 1. The molecule has 5 heteroatoms. The Morgan fingerprint density at radius 1 is 1.26 bits per heavy atom. The molecule has 2 aliphatic rings. The smallest absolute Gasteiger partial charge is 0.370 e. The monoisotopic (exact) mass is 326 g/mol. The van der Waals surface area contributed by atoms with E-state index in [1.807, 2.05) is 18.0 Å². The molecule has 0 radical (unpaired) electrons. The Bertz CT molecular complexity index is 568. The van der Waals surface area contributed by atoms with E-state index >= 15 is 0 Å². The molecule has 2 heterocycles. The van der Waals surface area contributed by atoms with Crippen molar-refractivity contribution in [3.05, 3.63) is 28.8 Å². The van der Waals surface area contributed by atoms with Crippen LogP contribution in [0.25, 0.3) is 0 Å². The highest BCUT2D eigenvalue weighted by Gasteiger charge is 2.44. The minimum atomic E-state index is -4.29. The maximum absolute atomic E-state index is 13.6. The largest absolute Gasteiger partial charge is 0.418 e. The van der Waals surface area contributed by atoms with Crippen LogP contribution in [-0.4, -0.2) is 26.2 Å². The second-order valence-corrected chi connectivity index (χ2v) is 6.81. The lowest BCUT2D eigenvalue weighted by Gasteiger charge is -2.31. The first kappa shape index (κ1) is 16.6. The molecule has 2 nitrogen and oxygen atoms in total. The first-order valence-corrected chi connectivity index (χ1v) is 8.61. The molecule has 3 rings (SSSR count). The van der Waals surface area contributed by atoms with Crippen molar-refractivity contribution in [3.8, 4) is 0 Å². The normalized spacial score (nSPS) is 23.8. The van der Waals surface area contributed by atoms with Gasteiger partial charge in [-0.25, -0.2) is 0 Å². The summed E-state index contributed by atoms with van der Waals surface area (Å²) in [7, 11) is 1.82. The molecule has 0 bridgehead atoms. The van der Waals surface area contributed by atoms with Gasteiger partial charge >= 0.3 is 6.18 Å². The molecule has 1 aromatic rings. The van der Waals surface area contributed by atoms with Gasteiger partial charge in [-0.05, 0) is 43.0 Å². The number of halogens is 3. The summed E-state index contributed by atoms with van der Waals surface area (Å²) in [6.07, 6.45) is 0.437. The van der Waals surface area contributed by atoms with Gasteiger partial charge in [-0.15, -0.1) is 0 Å². The lowest BCUT2D eigenvalue weighted by atomic mass is 9.88. The van der Waals surface area contributed by atoms with E-state index in [-0.39, 0.29) is 12.0 Å². The molecule has 0 amide bonds. The topological polar surface area (TPSA) is 15.3 Å². The van der Waals surface area contributed by atoms with Crippen LogP contribution in [0.3, 0.4) is 0 Å². The number of hydrogen-bond donors (Lipinski definition) is 1. The molecule has 0 spiro atoms. The lowest BCUT2D eigenvalue weighted by Crippen LogP contribution is -2.42. The Morgan fingerprint density at radius 3 is 2.74 bits per heavy atom. The molecular weight excluding hydrogens is 301 g/mol. The fourth-order valence-corrected chi connectivity index (χ4v) is 4.13. The van der Waals surface area contributed by atoms with E-state index in [9.17, 15) is 13.2 Å². The van der Waals surface area contributed by atoms with Gasteiger partial charge in [0.25, 0.3) is 0 Å². The average molecular weight is 326 g/mol. The number of likely N-dealkylation sites (N-methyl/N-ethyl adjacent to an activating group) is 1. The highest BCUT2D eigenvalue weighted by molar-refractivity contribution is 5.68. The minimum Gasteiger partial charge on any atom is -0.370 e. The van der Waals surface area contributed by atoms with E-state index in [0.29, 0.717) is 5.69 Å². The van der Waals surface area contributed by atoms with Crippen LogP contribution < -0.4 is 10.2 Å². The molecule has 2 atom stereocenters. The van der Waals surface area contributed by atoms with Crippen molar-refractivity contribution in [1.82, 2.24) is 5.32 Å². The van der Waals surface area contributed by atoms with Crippen LogP contribution in [0.4, 0.5) is 18.9 Å². The van der Waals surface area contributed by atoms with Gasteiger partial charge in [-0.2, -0.15) is 13.2 Å². The van der Waals surface area contributed by atoms with Crippen LogP contribution in [0, 0.1) is 0 Å². The van der Waals surface area contributed by atoms with Crippen molar-refractivity contribution in [2.24, 2.45) is 0 Å². The first-order valence-electron chi connectivity index (χ1n) is 8.61. The lowest BCUT2D eigenvalue weighted by molar-refractivity contribution is -0.137. The van der Waals surface area contributed by atoms with E-state index in [1.54, 1.807) is 0 Å². The molecule has 0 saturated carbocycles. The number of anilines is 1. The summed E-state index contributed by atoms with van der Waals surface area (Å²) in [5.41, 5.74) is 1.70. The van der Waals surface area contributed by atoms with E-state index in [1.165, 1.54) is 6.07 Å². The highest BCUT2D eigenvalue weighted by atomic mass is 19.4. The minimum absolute atomic E-state index is 0.177. The predicted octanol–water partition coefficient (Wildman–Crippen LogP) is 4.33. The second-order valence-electron chi connectivity index (χ2n) is 6.81. The summed E-state index contributed by atoms with van der Waals surface area (Å²) in [6.45, 7) is 3.76.